The normalized spacial score (nSPS) is 15.1. The van der Waals surface area contributed by atoms with Crippen molar-refractivity contribution >= 4 is 17.2 Å². The molecule has 3 heterocycles. The average Bonchev–Trinajstić information content (AvgIpc) is 3.15. The van der Waals surface area contributed by atoms with Crippen LogP contribution in [0.4, 0.5) is 0 Å². The molecule has 5 heteroatoms. The van der Waals surface area contributed by atoms with E-state index in [4.69, 9.17) is 0 Å². The van der Waals surface area contributed by atoms with E-state index in [9.17, 15) is 0 Å². The summed E-state index contributed by atoms with van der Waals surface area (Å²) >= 11 is 0. The van der Waals surface area contributed by atoms with Crippen molar-refractivity contribution < 1.29 is 0 Å². The largest absolute Gasteiger partial charge is 0.356 e. The van der Waals surface area contributed by atoms with Crippen molar-refractivity contribution in [2.24, 2.45) is 4.99 Å². The van der Waals surface area contributed by atoms with Gasteiger partial charge in [-0.15, -0.1) is 0 Å². The smallest absolute Gasteiger partial charge is 0.193 e. The molecule has 27 heavy (non-hydrogen) atoms. The fourth-order valence-corrected chi connectivity index (χ4v) is 3.52. The summed E-state index contributed by atoms with van der Waals surface area (Å²) in [5.74, 6) is 0.960. The fourth-order valence-electron chi connectivity index (χ4n) is 3.52. The highest BCUT2D eigenvalue weighted by Gasteiger charge is 2.16. The Morgan fingerprint density at radius 3 is 2.74 bits per heavy atom. The van der Waals surface area contributed by atoms with Crippen molar-refractivity contribution in [1.29, 1.82) is 0 Å². The van der Waals surface area contributed by atoms with Gasteiger partial charge in [-0.05, 0) is 29.7 Å². The van der Waals surface area contributed by atoms with E-state index in [2.05, 4.69) is 67.2 Å². The number of nitrogens with one attached hydrogen (secondary N) is 1. The highest BCUT2D eigenvalue weighted by atomic mass is 15.3. The Morgan fingerprint density at radius 1 is 1.15 bits per heavy atom. The van der Waals surface area contributed by atoms with Crippen molar-refractivity contribution in [3.8, 4) is 0 Å². The summed E-state index contributed by atoms with van der Waals surface area (Å²) < 4.78 is 2.06. The molecule has 1 aliphatic heterocycles. The number of benzene rings is 1. The van der Waals surface area contributed by atoms with E-state index < -0.39 is 0 Å². The maximum Gasteiger partial charge on any atom is 0.193 e. The molecular formula is C22H25N5. The van der Waals surface area contributed by atoms with Crippen LogP contribution in [-0.2, 0) is 6.42 Å². The van der Waals surface area contributed by atoms with Gasteiger partial charge < -0.3 is 14.6 Å². The molecule has 0 radical (unpaired) electrons. The molecule has 0 atom stereocenters. The lowest BCUT2D eigenvalue weighted by atomic mass is 10.00. The van der Waals surface area contributed by atoms with Crippen LogP contribution in [0.15, 0.2) is 72.0 Å². The van der Waals surface area contributed by atoms with E-state index >= 15 is 0 Å². The first-order valence-corrected chi connectivity index (χ1v) is 9.46. The van der Waals surface area contributed by atoms with E-state index in [1.165, 1.54) is 11.1 Å². The van der Waals surface area contributed by atoms with Crippen LogP contribution in [0.25, 0.3) is 11.2 Å². The summed E-state index contributed by atoms with van der Waals surface area (Å²) in [7, 11) is 1.85. The molecule has 1 aliphatic rings. The molecule has 0 spiro atoms. The Kier molecular flexibility index (Phi) is 5.19. The van der Waals surface area contributed by atoms with Gasteiger partial charge in [0.2, 0.25) is 0 Å². The summed E-state index contributed by atoms with van der Waals surface area (Å²) in [6.07, 6.45) is 8.35. The average molecular weight is 359 g/mol. The van der Waals surface area contributed by atoms with E-state index in [1.807, 2.05) is 31.4 Å². The molecule has 5 nitrogen and oxygen atoms in total. The topological polar surface area (TPSA) is 44.9 Å². The van der Waals surface area contributed by atoms with Crippen LogP contribution in [0.1, 0.15) is 17.7 Å². The lowest BCUT2D eigenvalue weighted by molar-refractivity contribution is 0.440. The van der Waals surface area contributed by atoms with Crippen LogP contribution < -0.4 is 5.32 Å². The third kappa shape index (κ3) is 4.03. The Labute approximate surface area is 160 Å². The van der Waals surface area contributed by atoms with Gasteiger partial charge in [0, 0.05) is 45.5 Å². The number of hydrogen-bond donors (Lipinski definition) is 1. The second-order valence-electron chi connectivity index (χ2n) is 6.71. The fraction of sp³-hybridized carbons (Fsp3) is 0.273. The number of fused-ring (bicyclic) bond motifs is 1. The van der Waals surface area contributed by atoms with Crippen LogP contribution in [0.5, 0.6) is 0 Å². The number of nitrogens with zero attached hydrogens (tertiary/aromatic N) is 4. The molecule has 0 bridgehead atoms. The minimum absolute atomic E-state index is 0.822. The highest BCUT2D eigenvalue weighted by Crippen LogP contribution is 2.21. The van der Waals surface area contributed by atoms with E-state index in [-0.39, 0.29) is 0 Å². The van der Waals surface area contributed by atoms with E-state index in [0.29, 0.717) is 0 Å². The van der Waals surface area contributed by atoms with Gasteiger partial charge >= 0.3 is 0 Å². The van der Waals surface area contributed by atoms with Gasteiger partial charge in [-0.1, -0.05) is 42.5 Å². The third-order valence-corrected chi connectivity index (χ3v) is 4.94. The number of pyridine rings is 1. The van der Waals surface area contributed by atoms with Gasteiger partial charge in [0.1, 0.15) is 5.65 Å². The van der Waals surface area contributed by atoms with E-state index in [1.54, 1.807) is 0 Å². The quantitative estimate of drug-likeness (QED) is 0.575. The molecule has 0 unspecified atom stereocenters. The number of aliphatic imine (C=N–C) groups is 1. The van der Waals surface area contributed by atoms with Gasteiger partial charge in [-0.25, -0.2) is 4.98 Å². The maximum atomic E-state index is 4.65. The van der Waals surface area contributed by atoms with Crippen molar-refractivity contribution in [3.63, 3.8) is 0 Å². The van der Waals surface area contributed by atoms with Crippen molar-refractivity contribution in [1.82, 2.24) is 19.6 Å². The van der Waals surface area contributed by atoms with Gasteiger partial charge in [0.25, 0.3) is 0 Å². The molecule has 2 aromatic heterocycles. The lowest BCUT2D eigenvalue weighted by Crippen LogP contribution is -2.44. The molecule has 138 valence electrons. The maximum absolute atomic E-state index is 4.65. The monoisotopic (exact) mass is 359 g/mol. The zero-order valence-corrected chi connectivity index (χ0v) is 15.7. The zero-order chi connectivity index (χ0) is 18.5. The summed E-state index contributed by atoms with van der Waals surface area (Å²) in [6, 6.07) is 16.7. The van der Waals surface area contributed by atoms with Crippen molar-refractivity contribution in [2.75, 3.05) is 26.7 Å². The Morgan fingerprint density at radius 2 is 2.00 bits per heavy atom. The molecule has 0 saturated heterocycles. The minimum atomic E-state index is 0.822. The summed E-state index contributed by atoms with van der Waals surface area (Å²) in [5, 5.41) is 3.48. The highest BCUT2D eigenvalue weighted by molar-refractivity contribution is 5.81. The number of imidazole rings is 1. The second-order valence-corrected chi connectivity index (χ2v) is 6.71. The number of guanidine groups is 1. The number of rotatable bonds is 4. The summed E-state index contributed by atoms with van der Waals surface area (Å²) in [5.41, 5.74) is 4.83. The van der Waals surface area contributed by atoms with Crippen LogP contribution in [-0.4, -0.2) is 46.9 Å². The third-order valence-electron chi connectivity index (χ3n) is 4.94. The molecule has 0 fully saturated rings. The predicted molar refractivity (Wildman–Crippen MR) is 111 cm³/mol. The van der Waals surface area contributed by atoms with Crippen LogP contribution in [0, 0.1) is 0 Å². The standard InChI is InChI=1S/C22H25N5/c1-23-22(24-13-10-20-17-27-14-6-5-9-21(27)25-20)26-15-11-19(12-16-26)18-7-3-2-4-8-18/h2-9,11,14,17H,10,12-13,15-16H2,1H3,(H,23,24). The molecular weight excluding hydrogens is 334 g/mol. The van der Waals surface area contributed by atoms with Gasteiger partial charge in [-0.2, -0.15) is 0 Å². The van der Waals surface area contributed by atoms with Crippen molar-refractivity contribution in [3.05, 3.63) is 78.3 Å². The number of hydrogen-bond acceptors (Lipinski definition) is 2. The van der Waals surface area contributed by atoms with Crippen LogP contribution in [0.2, 0.25) is 0 Å². The zero-order valence-electron chi connectivity index (χ0n) is 15.7. The first-order valence-electron chi connectivity index (χ1n) is 9.46. The molecule has 4 rings (SSSR count). The summed E-state index contributed by atoms with van der Waals surface area (Å²) in [6.45, 7) is 2.69. The van der Waals surface area contributed by atoms with Crippen LogP contribution >= 0.6 is 0 Å². The molecule has 0 aliphatic carbocycles. The van der Waals surface area contributed by atoms with Crippen LogP contribution in [0.3, 0.4) is 0 Å². The number of aromatic nitrogens is 2. The second kappa shape index (κ2) is 8.08. The molecule has 3 aromatic rings. The Hall–Kier alpha value is -3.08. The molecule has 1 aromatic carbocycles. The Bertz CT molecular complexity index is 922. The Balaban J connectivity index is 1.32. The van der Waals surface area contributed by atoms with Crippen molar-refractivity contribution in [2.45, 2.75) is 12.8 Å². The van der Waals surface area contributed by atoms with Gasteiger partial charge in [0.15, 0.2) is 5.96 Å². The molecule has 1 N–H and O–H groups in total. The SMILES string of the molecule is CN=C(NCCc1cn2ccccc2n1)N1CC=C(c2ccccc2)CC1. The minimum Gasteiger partial charge on any atom is -0.356 e. The van der Waals surface area contributed by atoms with E-state index in [0.717, 1.165) is 49.8 Å². The first kappa shape index (κ1) is 17.3. The van der Waals surface area contributed by atoms with Gasteiger partial charge in [-0.3, -0.25) is 4.99 Å². The lowest BCUT2D eigenvalue weighted by Gasteiger charge is -2.29. The molecule has 0 saturated carbocycles. The predicted octanol–water partition coefficient (Wildman–Crippen LogP) is 3.24. The summed E-state index contributed by atoms with van der Waals surface area (Å²) in [4.78, 5) is 11.4. The van der Waals surface area contributed by atoms with Gasteiger partial charge in [0.05, 0.1) is 5.69 Å². The first-order chi connectivity index (χ1) is 13.3. The molecule has 0 amide bonds.